The molecular formula is C22H23BrN2O3S2. The number of nitrogens with zero attached hydrogens (tertiary/aromatic N) is 1. The van der Waals surface area contributed by atoms with Crippen LogP contribution in [-0.2, 0) is 9.59 Å². The summed E-state index contributed by atoms with van der Waals surface area (Å²) in [5.74, 6) is 2.44. The van der Waals surface area contributed by atoms with Gasteiger partial charge in [-0.1, -0.05) is 17.8 Å². The van der Waals surface area contributed by atoms with E-state index >= 15 is 0 Å². The van der Waals surface area contributed by atoms with E-state index < -0.39 is 0 Å². The first-order valence-electron chi connectivity index (χ1n) is 10.3. The number of carbonyl (C=O) groups excluding carboxylic acids is 2. The third kappa shape index (κ3) is 3.50. The smallest absolute Gasteiger partial charge is 0.285 e. The van der Waals surface area contributed by atoms with Gasteiger partial charge in [-0.2, -0.15) is 5.01 Å². The minimum atomic E-state index is -0.317. The van der Waals surface area contributed by atoms with Crippen molar-refractivity contribution in [1.29, 1.82) is 0 Å². The van der Waals surface area contributed by atoms with Gasteiger partial charge in [0.1, 0.15) is 5.75 Å². The molecule has 1 N–H and O–H groups in total. The minimum absolute atomic E-state index is 0.0219. The van der Waals surface area contributed by atoms with Gasteiger partial charge in [0.05, 0.1) is 21.9 Å². The Balaban J connectivity index is 1.32. The number of thioether (sulfide) groups is 1. The maximum Gasteiger partial charge on any atom is 0.285 e. The monoisotopic (exact) mass is 506 g/mol. The number of methoxy groups -OCH3 is 1. The number of ether oxygens (including phenoxy) is 1. The second kappa shape index (κ2) is 7.64. The Morgan fingerprint density at radius 1 is 1.27 bits per heavy atom. The van der Waals surface area contributed by atoms with Crippen molar-refractivity contribution in [2.75, 3.05) is 7.11 Å². The average Bonchev–Trinajstić information content (AvgIpc) is 2.94. The Bertz CT molecular complexity index is 942. The Morgan fingerprint density at radius 3 is 2.47 bits per heavy atom. The summed E-state index contributed by atoms with van der Waals surface area (Å²) in [6, 6.07) is 5.61. The fraction of sp³-hybridized carbons (Fsp3) is 0.500. The molecule has 2 amide bonds. The van der Waals surface area contributed by atoms with Crippen LogP contribution in [0, 0.1) is 23.2 Å². The number of halogens is 1. The maximum absolute atomic E-state index is 13.3. The quantitative estimate of drug-likeness (QED) is 0.464. The normalized spacial score (nSPS) is 33.5. The molecule has 8 heteroatoms. The van der Waals surface area contributed by atoms with Gasteiger partial charge in [-0.15, -0.1) is 0 Å². The number of hydrogen-bond acceptors (Lipinski definition) is 5. The van der Waals surface area contributed by atoms with Gasteiger partial charge in [0.2, 0.25) is 5.91 Å². The molecule has 1 aromatic rings. The topological polar surface area (TPSA) is 58.6 Å². The third-order valence-corrected chi connectivity index (χ3v) is 8.92. The molecule has 5 fully saturated rings. The minimum Gasteiger partial charge on any atom is -0.496 e. The summed E-state index contributed by atoms with van der Waals surface area (Å²) in [7, 11) is 1.61. The summed E-state index contributed by atoms with van der Waals surface area (Å²) in [5, 5.41) is 1.27. The number of carbonyl (C=O) groups is 2. The largest absolute Gasteiger partial charge is 0.496 e. The standard InChI is InChI=1S/C22H23BrN2O3S2/c1-28-17-3-2-12(7-16(17)23)8-18-19(26)25(21(29)30-18)24-20(27)22-9-13-4-14(10-22)6-15(5-13)11-22/h2-3,7-8,13-15H,4-6,9-11H2,1H3,(H,24,27)/b18-8+. The van der Waals surface area contributed by atoms with Crippen LogP contribution in [-0.4, -0.2) is 28.3 Å². The summed E-state index contributed by atoms with van der Waals surface area (Å²) in [6.45, 7) is 0. The predicted octanol–water partition coefficient (Wildman–Crippen LogP) is 4.91. The summed E-state index contributed by atoms with van der Waals surface area (Å²) >= 11 is 10.1. The van der Waals surface area contributed by atoms with Crippen molar-refractivity contribution in [3.8, 4) is 5.75 Å². The van der Waals surface area contributed by atoms with Crippen molar-refractivity contribution in [2.45, 2.75) is 38.5 Å². The number of amides is 2. The lowest BCUT2D eigenvalue weighted by Gasteiger charge is -2.55. The highest BCUT2D eigenvalue weighted by Gasteiger charge is 2.55. The average molecular weight is 507 g/mol. The number of benzene rings is 1. The van der Waals surface area contributed by atoms with E-state index in [2.05, 4.69) is 21.4 Å². The van der Waals surface area contributed by atoms with Crippen molar-refractivity contribution in [3.63, 3.8) is 0 Å². The molecule has 0 aromatic heterocycles. The second-order valence-corrected chi connectivity index (χ2v) is 11.6. The van der Waals surface area contributed by atoms with E-state index in [-0.39, 0.29) is 17.2 Å². The molecule has 6 rings (SSSR count). The summed E-state index contributed by atoms with van der Waals surface area (Å²) in [6.07, 6.45) is 8.47. The molecular weight excluding hydrogens is 484 g/mol. The van der Waals surface area contributed by atoms with Gasteiger partial charge >= 0.3 is 0 Å². The van der Waals surface area contributed by atoms with Crippen molar-refractivity contribution in [2.24, 2.45) is 23.2 Å². The van der Waals surface area contributed by atoms with Crippen LogP contribution in [0.25, 0.3) is 6.08 Å². The number of nitrogens with one attached hydrogen (secondary N) is 1. The molecule has 5 aliphatic rings. The number of rotatable bonds is 4. The van der Waals surface area contributed by atoms with E-state index in [0.717, 1.165) is 35.0 Å². The molecule has 0 unspecified atom stereocenters. The summed E-state index contributed by atoms with van der Waals surface area (Å²) in [5.41, 5.74) is 3.43. The van der Waals surface area contributed by atoms with Crippen molar-refractivity contribution in [1.82, 2.24) is 10.4 Å². The van der Waals surface area contributed by atoms with E-state index in [0.29, 0.717) is 27.0 Å². The zero-order valence-corrected chi connectivity index (χ0v) is 19.9. The van der Waals surface area contributed by atoms with E-state index in [1.54, 1.807) is 13.2 Å². The van der Waals surface area contributed by atoms with Crippen LogP contribution in [0.5, 0.6) is 5.75 Å². The lowest BCUT2D eigenvalue weighted by molar-refractivity contribution is -0.152. The van der Waals surface area contributed by atoms with E-state index in [9.17, 15) is 9.59 Å². The molecule has 1 aliphatic heterocycles. The Labute approximate surface area is 194 Å². The lowest BCUT2D eigenvalue weighted by Crippen LogP contribution is -2.57. The molecule has 0 spiro atoms. The van der Waals surface area contributed by atoms with Crippen LogP contribution in [0.3, 0.4) is 0 Å². The first-order chi connectivity index (χ1) is 14.4. The summed E-state index contributed by atoms with van der Waals surface area (Å²) in [4.78, 5) is 26.8. The summed E-state index contributed by atoms with van der Waals surface area (Å²) < 4.78 is 6.43. The van der Waals surface area contributed by atoms with E-state index in [1.165, 1.54) is 36.0 Å². The predicted molar refractivity (Wildman–Crippen MR) is 124 cm³/mol. The van der Waals surface area contributed by atoms with Crippen molar-refractivity contribution < 1.29 is 14.3 Å². The zero-order chi connectivity index (χ0) is 21.0. The van der Waals surface area contributed by atoms with Crippen LogP contribution in [0.4, 0.5) is 0 Å². The molecule has 1 aromatic carbocycles. The Hall–Kier alpha value is -1.38. The molecule has 0 radical (unpaired) electrons. The SMILES string of the molecule is COc1ccc(/C=C2/SC(=S)N(NC(=O)C34CC5CC(CC(C5)C3)C4)C2=O)cc1Br. The van der Waals surface area contributed by atoms with Crippen LogP contribution in [0.1, 0.15) is 44.1 Å². The van der Waals surface area contributed by atoms with Gasteiger partial charge in [0, 0.05) is 0 Å². The molecule has 1 saturated heterocycles. The highest BCUT2D eigenvalue weighted by Crippen LogP contribution is 2.60. The van der Waals surface area contributed by atoms with Gasteiger partial charge in [-0.3, -0.25) is 15.0 Å². The maximum atomic E-state index is 13.3. The molecule has 30 heavy (non-hydrogen) atoms. The van der Waals surface area contributed by atoms with Gasteiger partial charge in [0.15, 0.2) is 4.32 Å². The van der Waals surface area contributed by atoms with Gasteiger partial charge < -0.3 is 4.74 Å². The fourth-order valence-corrected chi connectivity index (χ4v) is 7.83. The molecule has 5 nitrogen and oxygen atoms in total. The van der Waals surface area contributed by atoms with Crippen LogP contribution >= 0.6 is 39.9 Å². The van der Waals surface area contributed by atoms with Gasteiger partial charge in [0.25, 0.3) is 5.91 Å². The van der Waals surface area contributed by atoms with Crippen molar-refractivity contribution in [3.05, 3.63) is 33.1 Å². The Morgan fingerprint density at radius 2 is 1.90 bits per heavy atom. The first kappa shape index (κ1) is 20.5. The van der Waals surface area contributed by atoms with Crippen molar-refractivity contribution >= 4 is 62.1 Å². The van der Waals surface area contributed by atoms with Crippen LogP contribution in [0.15, 0.2) is 27.6 Å². The molecule has 4 saturated carbocycles. The molecule has 4 aliphatic carbocycles. The van der Waals surface area contributed by atoms with Crippen LogP contribution in [0.2, 0.25) is 0 Å². The highest BCUT2D eigenvalue weighted by molar-refractivity contribution is 9.10. The third-order valence-electron chi connectivity index (χ3n) is 7.00. The second-order valence-electron chi connectivity index (χ2n) is 9.05. The lowest BCUT2D eigenvalue weighted by atomic mass is 9.49. The Kier molecular flexibility index (Phi) is 5.22. The molecule has 0 atom stereocenters. The van der Waals surface area contributed by atoms with E-state index in [4.69, 9.17) is 17.0 Å². The number of hydrazine groups is 1. The fourth-order valence-electron chi connectivity index (χ4n) is 6.10. The molecule has 1 heterocycles. The zero-order valence-electron chi connectivity index (χ0n) is 16.7. The van der Waals surface area contributed by atoms with Crippen LogP contribution < -0.4 is 10.2 Å². The molecule has 4 bridgehead atoms. The van der Waals surface area contributed by atoms with E-state index in [1.807, 2.05) is 18.2 Å². The molecule has 158 valence electrons. The van der Waals surface area contributed by atoms with Gasteiger partial charge in [-0.25, -0.2) is 0 Å². The first-order valence-corrected chi connectivity index (χ1v) is 12.3. The highest BCUT2D eigenvalue weighted by atomic mass is 79.9. The number of hydrogen-bond donors (Lipinski definition) is 1. The van der Waals surface area contributed by atoms with Gasteiger partial charge in [-0.05, 0) is 108 Å². The number of thiocarbonyl (C=S) groups is 1.